The molecule has 0 aromatic heterocycles. The normalized spacial score (nSPS) is 11.3. The molecule has 2 aromatic rings. The first-order valence-corrected chi connectivity index (χ1v) is 5.30. The van der Waals surface area contributed by atoms with Gasteiger partial charge in [-0.1, -0.05) is 12.1 Å². The fraction of sp³-hybridized carbons (Fsp3) is 0.0769. The Hall–Kier alpha value is -2.37. The van der Waals surface area contributed by atoms with E-state index in [1.54, 1.807) is 24.3 Å². The van der Waals surface area contributed by atoms with Crippen molar-refractivity contribution in [2.45, 2.75) is 6.36 Å². The Bertz CT molecular complexity index is 579. The van der Waals surface area contributed by atoms with Gasteiger partial charge in [-0.25, -0.2) is 0 Å². The standard InChI is InChI=1S/C13H10F3NO2/c14-13(15,16)19-12-7-10(18)5-6-11(12)8-1-3-9(17)4-2-8/h1-7,18H,17H2. The minimum atomic E-state index is -4.82. The summed E-state index contributed by atoms with van der Waals surface area (Å²) in [6.07, 6.45) is -4.82. The molecule has 0 spiro atoms. The number of ether oxygens (including phenoxy) is 1. The highest BCUT2D eigenvalue weighted by atomic mass is 19.4. The third-order valence-corrected chi connectivity index (χ3v) is 2.41. The lowest BCUT2D eigenvalue weighted by atomic mass is 10.0. The Morgan fingerprint density at radius 3 is 2.21 bits per heavy atom. The Morgan fingerprint density at radius 1 is 1.00 bits per heavy atom. The quantitative estimate of drug-likeness (QED) is 0.820. The highest BCUT2D eigenvalue weighted by Crippen LogP contribution is 2.36. The van der Waals surface area contributed by atoms with Crippen LogP contribution < -0.4 is 10.5 Å². The van der Waals surface area contributed by atoms with Gasteiger partial charge in [0, 0.05) is 17.3 Å². The van der Waals surface area contributed by atoms with E-state index in [1.165, 1.54) is 12.1 Å². The van der Waals surface area contributed by atoms with Crippen molar-refractivity contribution in [3.8, 4) is 22.6 Å². The topological polar surface area (TPSA) is 55.5 Å². The summed E-state index contributed by atoms with van der Waals surface area (Å²) in [7, 11) is 0. The summed E-state index contributed by atoms with van der Waals surface area (Å²) in [5.74, 6) is -0.768. The molecular weight excluding hydrogens is 259 g/mol. The fourth-order valence-electron chi connectivity index (χ4n) is 1.62. The van der Waals surface area contributed by atoms with Crippen molar-refractivity contribution >= 4 is 5.69 Å². The van der Waals surface area contributed by atoms with E-state index in [9.17, 15) is 18.3 Å². The van der Waals surface area contributed by atoms with Crippen LogP contribution >= 0.6 is 0 Å². The maximum absolute atomic E-state index is 12.3. The number of anilines is 1. The molecule has 2 aromatic carbocycles. The molecule has 0 radical (unpaired) electrons. The van der Waals surface area contributed by atoms with Crippen molar-refractivity contribution in [3.05, 3.63) is 42.5 Å². The zero-order valence-electron chi connectivity index (χ0n) is 9.61. The first kappa shape index (κ1) is 13.1. The minimum Gasteiger partial charge on any atom is -0.508 e. The van der Waals surface area contributed by atoms with Crippen LogP contribution in [0.25, 0.3) is 11.1 Å². The van der Waals surface area contributed by atoms with Crippen LogP contribution in [0.5, 0.6) is 11.5 Å². The van der Waals surface area contributed by atoms with Crippen molar-refractivity contribution in [1.29, 1.82) is 0 Å². The Kier molecular flexibility index (Phi) is 3.25. The number of rotatable bonds is 2. The van der Waals surface area contributed by atoms with Crippen LogP contribution in [0.2, 0.25) is 0 Å². The molecular formula is C13H10F3NO2. The second-order valence-corrected chi connectivity index (χ2v) is 3.85. The average molecular weight is 269 g/mol. The number of aromatic hydroxyl groups is 1. The predicted molar refractivity (Wildman–Crippen MR) is 64.6 cm³/mol. The Labute approximate surface area is 107 Å². The molecule has 100 valence electrons. The van der Waals surface area contributed by atoms with Crippen molar-refractivity contribution in [1.82, 2.24) is 0 Å². The highest BCUT2D eigenvalue weighted by molar-refractivity contribution is 5.72. The van der Waals surface area contributed by atoms with E-state index in [-0.39, 0.29) is 11.3 Å². The summed E-state index contributed by atoms with van der Waals surface area (Å²) in [6.45, 7) is 0. The van der Waals surface area contributed by atoms with Crippen LogP contribution in [0.4, 0.5) is 18.9 Å². The van der Waals surface area contributed by atoms with Crippen molar-refractivity contribution in [2.75, 3.05) is 5.73 Å². The van der Waals surface area contributed by atoms with E-state index in [0.717, 1.165) is 6.07 Å². The van der Waals surface area contributed by atoms with E-state index in [1.807, 2.05) is 0 Å². The molecule has 19 heavy (non-hydrogen) atoms. The van der Waals surface area contributed by atoms with Crippen LogP contribution in [0.1, 0.15) is 0 Å². The van der Waals surface area contributed by atoms with Gasteiger partial charge in [0.25, 0.3) is 0 Å². The summed E-state index contributed by atoms with van der Waals surface area (Å²) >= 11 is 0. The summed E-state index contributed by atoms with van der Waals surface area (Å²) in [5.41, 5.74) is 6.74. The number of hydrogen-bond acceptors (Lipinski definition) is 3. The molecule has 0 bridgehead atoms. The van der Waals surface area contributed by atoms with Crippen LogP contribution in [-0.4, -0.2) is 11.5 Å². The zero-order chi connectivity index (χ0) is 14.0. The molecule has 0 amide bonds. The Balaban J connectivity index is 2.47. The van der Waals surface area contributed by atoms with Crippen molar-refractivity contribution in [2.24, 2.45) is 0 Å². The maximum atomic E-state index is 12.3. The third kappa shape index (κ3) is 3.31. The van der Waals surface area contributed by atoms with Crippen LogP contribution in [0.3, 0.4) is 0 Å². The first-order valence-electron chi connectivity index (χ1n) is 5.30. The average Bonchev–Trinajstić information content (AvgIpc) is 2.29. The second-order valence-electron chi connectivity index (χ2n) is 3.85. The summed E-state index contributed by atoms with van der Waals surface area (Å²) in [5, 5.41) is 9.26. The number of phenolic OH excluding ortho intramolecular Hbond substituents is 1. The van der Waals surface area contributed by atoms with Gasteiger partial charge in [-0.3, -0.25) is 0 Å². The van der Waals surface area contributed by atoms with E-state index >= 15 is 0 Å². The number of hydrogen-bond donors (Lipinski definition) is 2. The van der Waals surface area contributed by atoms with E-state index in [2.05, 4.69) is 4.74 Å². The number of benzene rings is 2. The fourth-order valence-corrected chi connectivity index (χ4v) is 1.62. The summed E-state index contributed by atoms with van der Waals surface area (Å²) < 4.78 is 40.8. The largest absolute Gasteiger partial charge is 0.573 e. The number of phenols is 1. The van der Waals surface area contributed by atoms with Gasteiger partial charge in [0.1, 0.15) is 11.5 Å². The molecule has 0 aliphatic carbocycles. The van der Waals surface area contributed by atoms with Gasteiger partial charge >= 0.3 is 6.36 Å². The lowest BCUT2D eigenvalue weighted by Gasteiger charge is -2.13. The van der Waals surface area contributed by atoms with Crippen LogP contribution in [-0.2, 0) is 0 Å². The summed E-state index contributed by atoms with van der Waals surface area (Å²) in [6, 6.07) is 9.84. The number of nitrogen functional groups attached to an aromatic ring is 1. The highest BCUT2D eigenvalue weighted by Gasteiger charge is 2.32. The molecule has 0 aliphatic rings. The summed E-state index contributed by atoms with van der Waals surface area (Å²) in [4.78, 5) is 0. The first-order chi connectivity index (χ1) is 8.85. The number of alkyl halides is 3. The second kappa shape index (κ2) is 4.72. The van der Waals surface area contributed by atoms with Gasteiger partial charge in [0.05, 0.1) is 0 Å². The predicted octanol–water partition coefficient (Wildman–Crippen LogP) is 3.54. The van der Waals surface area contributed by atoms with Crippen molar-refractivity contribution in [3.63, 3.8) is 0 Å². The minimum absolute atomic E-state index is 0.218. The van der Waals surface area contributed by atoms with E-state index in [0.29, 0.717) is 11.3 Å². The molecule has 0 unspecified atom stereocenters. The zero-order valence-corrected chi connectivity index (χ0v) is 9.61. The monoisotopic (exact) mass is 269 g/mol. The van der Waals surface area contributed by atoms with Crippen LogP contribution in [0, 0.1) is 0 Å². The van der Waals surface area contributed by atoms with Gasteiger partial charge < -0.3 is 15.6 Å². The molecule has 3 nitrogen and oxygen atoms in total. The molecule has 6 heteroatoms. The molecule has 0 atom stereocenters. The molecule has 0 saturated heterocycles. The molecule has 2 rings (SSSR count). The smallest absolute Gasteiger partial charge is 0.508 e. The van der Waals surface area contributed by atoms with Gasteiger partial charge in [0.2, 0.25) is 0 Å². The molecule has 0 saturated carbocycles. The van der Waals surface area contributed by atoms with E-state index in [4.69, 9.17) is 5.73 Å². The number of nitrogens with two attached hydrogens (primary N) is 1. The molecule has 0 aliphatic heterocycles. The van der Waals surface area contributed by atoms with Crippen molar-refractivity contribution < 1.29 is 23.0 Å². The van der Waals surface area contributed by atoms with Crippen LogP contribution in [0.15, 0.2) is 42.5 Å². The van der Waals surface area contributed by atoms with Gasteiger partial charge in [-0.15, -0.1) is 13.2 Å². The Morgan fingerprint density at radius 2 is 1.63 bits per heavy atom. The third-order valence-electron chi connectivity index (χ3n) is 2.41. The molecule has 0 fully saturated rings. The SMILES string of the molecule is Nc1ccc(-c2ccc(O)cc2OC(F)(F)F)cc1. The van der Waals surface area contributed by atoms with Gasteiger partial charge in [-0.2, -0.15) is 0 Å². The number of halogens is 3. The van der Waals surface area contributed by atoms with Gasteiger partial charge in [0.15, 0.2) is 0 Å². The lowest BCUT2D eigenvalue weighted by Crippen LogP contribution is -2.17. The lowest BCUT2D eigenvalue weighted by molar-refractivity contribution is -0.274. The molecule has 0 heterocycles. The maximum Gasteiger partial charge on any atom is 0.573 e. The molecule has 3 N–H and O–H groups in total. The van der Waals surface area contributed by atoms with Gasteiger partial charge in [-0.05, 0) is 29.8 Å². The van der Waals surface area contributed by atoms with E-state index < -0.39 is 12.1 Å².